The maximum absolute atomic E-state index is 5.78. The summed E-state index contributed by atoms with van der Waals surface area (Å²) in [4.78, 5) is 0. The van der Waals surface area contributed by atoms with E-state index in [2.05, 4.69) is 53.3 Å². The Morgan fingerprint density at radius 1 is 1.05 bits per heavy atom. The van der Waals surface area contributed by atoms with Crippen LogP contribution >= 0.6 is 15.9 Å². The molecule has 0 aromatic heterocycles. The van der Waals surface area contributed by atoms with Gasteiger partial charge in [-0.1, -0.05) is 74.0 Å². The first-order valence-electron chi connectivity index (χ1n) is 8.33. The molecule has 0 atom stereocenters. The molecule has 0 saturated heterocycles. The minimum Gasteiger partial charge on any atom is -0.377 e. The van der Waals surface area contributed by atoms with Crippen LogP contribution in [-0.2, 0) is 17.9 Å². The van der Waals surface area contributed by atoms with Crippen LogP contribution in [0.25, 0.3) is 0 Å². The number of rotatable bonds is 12. The molecule has 0 radical (unpaired) electrons. The summed E-state index contributed by atoms with van der Waals surface area (Å²) in [6.45, 7) is 7.88. The Morgan fingerprint density at radius 3 is 2.52 bits per heavy atom. The van der Waals surface area contributed by atoms with Crippen LogP contribution in [0.4, 0.5) is 0 Å². The highest BCUT2D eigenvalue weighted by Crippen LogP contribution is 2.19. The van der Waals surface area contributed by atoms with E-state index in [-0.39, 0.29) is 0 Å². The van der Waals surface area contributed by atoms with Crippen molar-refractivity contribution in [3.8, 4) is 0 Å². The van der Waals surface area contributed by atoms with Crippen molar-refractivity contribution in [3.05, 3.63) is 33.8 Å². The first-order valence-corrected chi connectivity index (χ1v) is 9.13. The van der Waals surface area contributed by atoms with Gasteiger partial charge in [-0.25, -0.2) is 0 Å². The van der Waals surface area contributed by atoms with Gasteiger partial charge in [-0.15, -0.1) is 0 Å². The van der Waals surface area contributed by atoms with Crippen molar-refractivity contribution < 1.29 is 4.74 Å². The lowest BCUT2D eigenvalue weighted by atomic mass is 10.1. The van der Waals surface area contributed by atoms with Gasteiger partial charge >= 0.3 is 0 Å². The second-order valence-electron chi connectivity index (χ2n) is 5.53. The van der Waals surface area contributed by atoms with Crippen molar-refractivity contribution in [2.24, 2.45) is 0 Å². The fourth-order valence-corrected chi connectivity index (χ4v) is 2.79. The topological polar surface area (TPSA) is 21.3 Å². The Kier molecular flexibility index (Phi) is 10.8. The van der Waals surface area contributed by atoms with Crippen LogP contribution in [0, 0.1) is 0 Å². The van der Waals surface area contributed by atoms with Gasteiger partial charge < -0.3 is 10.1 Å². The second kappa shape index (κ2) is 12.2. The van der Waals surface area contributed by atoms with E-state index >= 15 is 0 Å². The van der Waals surface area contributed by atoms with E-state index in [0.717, 1.165) is 24.2 Å². The van der Waals surface area contributed by atoms with Crippen LogP contribution in [0.15, 0.2) is 22.7 Å². The maximum atomic E-state index is 5.78. The predicted molar refractivity (Wildman–Crippen MR) is 94.6 cm³/mol. The molecule has 0 saturated carbocycles. The van der Waals surface area contributed by atoms with Gasteiger partial charge in [0.25, 0.3) is 0 Å². The van der Waals surface area contributed by atoms with Gasteiger partial charge in [0.15, 0.2) is 0 Å². The second-order valence-corrected chi connectivity index (χ2v) is 6.38. The number of halogens is 1. The Balaban J connectivity index is 2.17. The van der Waals surface area contributed by atoms with Crippen LogP contribution in [0.5, 0.6) is 0 Å². The summed E-state index contributed by atoms with van der Waals surface area (Å²) in [6, 6.07) is 6.53. The minimum atomic E-state index is 0.705. The van der Waals surface area contributed by atoms with Gasteiger partial charge in [0.05, 0.1) is 6.61 Å². The van der Waals surface area contributed by atoms with E-state index in [9.17, 15) is 0 Å². The van der Waals surface area contributed by atoms with Crippen molar-refractivity contribution in [2.75, 3.05) is 13.2 Å². The normalized spacial score (nSPS) is 11.0. The monoisotopic (exact) mass is 355 g/mol. The van der Waals surface area contributed by atoms with E-state index in [1.165, 1.54) is 49.7 Å². The van der Waals surface area contributed by atoms with Crippen molar-refractivity contribution in [1.82, 2.24) is 5.32 Å². The molecule has 1 rings (SSSR count). The SMILES string of the molecule is CCCCCCCCOCc1ccc(CNCC)cc1Br. The molecular weight excluding hydrogens is 326 g/mol. The zero-order valence-corrected chi connectivity index (χ0v) is 15.2. The Labute approximate surface area is 138 Å². The van der Waals surface area contributed by atoms with E-state index in [1.54, 1.807) is 0 Å². The van der Waals surface area contributed by atoms with Crippen molar-refractivity contribution in [2.45, 2.75) is 65.5 Å². The number of ether oxygens (including phenoxy) is 1. The average Bonchev–Trinajstić information content (AvgIpc) is 2.49. The Morgan fingerprint density at radius 2 is 1.81 bits per heavy atom. The molecule has 0 aliphatic rings. The molecule has 0 spiro atoms. The molecule has 1 aromatic rings. The number of benzene rings is 1. The van der Waals surface area contributed by atoms with Gasteiger partial charge in [0.1, 0.15) is 0 Å². The molecule has 120 valence electrons. The molecule has 0 aliphatic carbocycles. The zero-order chi connectivity index (χ0) is 15.3. The predicted octanol–water partition coefficient (Wildman–Crippen LogP) is 5.44. The molecule has 3 heteroatoms. The summed E-state index contributed by atoms with van der Waals surface area (Å²) >= 11 is 3.64. The Hall–Kier alpha value is -0.380. The molecule has 0 aliphatic heterocycles. The lowest BCUT2D eigenvalue weighted by Crippen LogP contribution is -2.11. The zero-order valence-electron chi connectivity index (χ0n) is 13.6. The molecular formula is C18H30BrNO. The maximum Gasteiger partial charge on any atom is 0.0727 e. The van der Waals surface area contributed by atoms with E-state index < -0.39 is 0 Å². The lowest BCUT2D eigenvalue weighted by Gasteiger charge is -2.09. The van der Waals surface area contributed by atoms with Crippen LogP contribution in [0.3, 0.4) is 0 Å². The highest BCUT2D eigenvalue weighted by molar-refractivity contribution is 9.10. The quantitative estimate of drug-likeness (QED) is 0.504. The Bertz CT molecular complexity index is 381. The molecule has 0 amide bonds. The van der Waals surface area contributed by atoms with Gasteiger partial charge in [0, 0.05) is 17.6 Å². The summed E-state index contributed by atoms with van der Waals surface area (Å²) in [7, 11) is 0. The fraction of sp³-hybridized carbons (Fsp3) is 0.667. The van der Waals surface area contributed by atoms with Gasteiger partial charge in [-0.05, 0) is 30.2 Å². The third-order valence-electron chi connectivity index (χ3n) is 3.60. The first kappa shape index (κ1) is 18.7. The standard InChI is InChI=1S/C18H30BrNO/c1-3-5-6-7-8-9-12-21-15-17-11-10-16(13-18(17)19)14-20-4-2/h10-11,13,20H,3-9,12,14-15H2,1-2H3. The van der Waals surface area contributed by atoms with Gasteiger partial charge in [-0.3, -0.25) is 0 Å². The van der Waals surface area contributed by atoms with Crippen molar-refractivity contribution >= 4 is 15.9 Å². The molecule has 0 heterocycles. The lowest BCUT2D eigenvalue weighted by molar-refractivity contribution is 0.116. The third-order valence-corrected chi connectivity index (χ3v) is 4.33. The number of unbranched alkanes of at least 4 members (excludes halogenated alkanes) is 5. The largest absolute Gasteiger partial charge is 0.377 e. The third kappa shape index (κ3) is 8.60. The summed E-state index contributed by atoms with van der Waals surface area (Å²) < 4.78 is 6.94. The highest BCUT2D eigenvalue weighted by Gasteiger charge is 2.02. The number of hydrogen-bond acceptors (Lipinski definition) is 2. The number of nitrogens with one attached hydrogen (secondary N) is 1. The van der Waals surface area contributed by atoms with Gasteiger partial charge in [-0.2, -0.15) is 0 Å². The van der Waals surface area contributed by atoms with Gasteiger partial charge in [0.2, 0.25) is 0 Å². The molecule has 0 unspecified atom stereocenters. The summed E-state index contributed by atoms with van der Waals surface area (Å²) in [5.74, 6) is 0. The van der Waals surface area contributed by atoms with E-state index in [1.807, 2.05) is 0 Å². The average molecular weight is 356 g/mol. The van der Waals surface area contributed by atoms with Crippen molar-refractivity contribution in [1.29, 1.82) is 0 Å². The van der Waals surface area contributed by atoms with Crippen LogP contribution in [-0.4, -0.2) is 13.2 Å². The number of hydrogen-bond donors (Lipinski definition) is 1. The molecule has 0 bridgehead atoms. The fourth-order valence-electron chi connectivity index (χ4n) is 2.25. The summed E-state index contributed by atoms with van der Waals surface area (Å²) in [6.07, 6.45) is 7.87. The van der Waals surface area contributed by atoms with E-state index in [4.69, 9.17) is 4.74 Å². The molecule has 2 nitrogen and oxygen atoms in total. The molecule has 0 fully saturated rings. The molecule has 1 N–H and O–H groups in total. The highest BCUT2D eigenvalue weighted by atomic mass is 79.9. The molecule has 21 heavy (non-hydrogen) atoms. The molecule has 1 aromatic carbocycles. The van der Waals surface area contributed by atoms with Crippen LogP contribution in [0.1, 0.15) is 63.5 Å². The van der Waals surface area contributed by atoms with Crippen LogP contribution in [0.2, 0.25) is 0 Å². The first-order chi connectivity index (χ1) is 10.3. The summed E-state index contributed by atoms with van der Waals surface area (Å²) in [5, 5.41) is 3.34. The summed E-state index contributed by atoms with van der Waals surface area (Å²) in [5.41, 5.74) is 2.55. The van der Waals surface area contributed by atoms with E-state index in [0.29, 0.717) is 6.61 Å². The minimum absolute atomic E-state index is 0.705. The van der Waals surface area contributed by atoms with Crippen molar-refractivity contribution in [3.63, 3.8) is 0 Å². The smallest absolute Gasteiger partial charge is 0.0727 e. The van der Waals surface area contributed by atoms with Crippen LogP contribution < -0.4 is 5.32 Å².